The van der Waals surface area contributed by atoms with Crippen molar-refractivity contribution < 1.29 is 14.7 Å². The number of rotatable bonds is 7. The molecular formula is C20H19Cl2N3O3. The second-order valence-electron chi connectivity index (χ2n) is 6.42. The topological polar surface area (TPSA) is 82.5 Å². The average Bonchev–Trinajstić information content (AvgIpc) is 2.97. The van der Waals surface area contributed by atoms with Gasteiger partial charge in [0.1, 0.15) is 0 Å². The first-order valence-electron chi connectivity index (χ1n) is 8.79. The summed E-state index contributed by atoms with van der Waals surface area (Å²) < 4.78 is 0. The van der Waals surface area contributed by atoms with Gasteiger partial charge in [0, 0.05) is 12.7 Å². The predicted octanol–water partition coefficient (Wildman–Crippen LogP) is 3.29. The summed E-state index contributed by atoms with van der Waals surface area (Å²) in [5.41, 5.74) is 1.78. The average molecular weight is 420 g/mol. The van der Waals surface area contributed by atoms with E-state index in [1.165, 1.54) is 4.90 Å². The molecule has 0 fully saturated rings. The first-order valence-corrected chi connectivity index (χ1v) is 9.54. The van der Waals surface area contributed by atoms with Crippen molar-refractivity contribution in [1.82, 2.24) is 15.2 Å². The Balaban J connectivity index is 1.49. The Bertz CT molecular complexity index is 916. The Morgan fingerprint density at radius 3 is 2.75 bits per heavy atom. The van der Waals surface area contributed by atoms with Crippen LogP contribution in [0.25, 0.3) is 0 Å². The van der Waals surface area contributed by atoms with E-state index >= 15 is 0 Å². The van der Waals surface area contributed by atoms with Crippen LogP contribution in [-0.2, 0) is 22.6 Å². The van der Waals surface area contributed by atoms with Crippen molar-refractivity contribution in [3.8, 4) is 0 Å². The fraction of sp³-hybridized carbons (Fsp3) is 0.250. The number of carbonyl (C=O) groups excluding carboxylic acids is 2. The Labute approximate surface area is 172 Å². The molecule has 2 amide bonds. The third-order valence-electron chi connectivity index (χ3n) is 4.39. The standard InChI is InChI=1S/C20H19Cl2N3O3/c21-16-7-6-13(10-17(16)22)4-3-9-24-19(27)15-12-25(20(28)18(15)26)11-14-5-1-2-8-23-14/h1-2,5-8,10,26H,3-4,9,11-12H2,(H,24,27). The zero-order valence-electron chi connectivity index (χ0n) is 15.0. The van der Waals surface area contributed by atoms with Gasteiger partial charge in [0.05, 0.1) is 34.4 Å². The summed E-state index contributed by atoms with van der Waals surface area (Å²) in [4.78, 5) is 30.1. The fourth-order valence-electron chi connectivity index (χ4n) is 2.91. The Kier molecular flexibility index (Phi) is 6.54. The van der Waals surface area contributed by atoms with E-state index in [2.05, 4.69) is 10.3 Å². The first kappa shape index (κ1) is 20.2. The largest absolute Gasteiger partial charge is 0.503 e. The highest BCUT2D eigenvalue weighted by atomic mass is 35.5. The minimum Gasteiger partial charge on any atom is -0.503 e. The van der Waals surface area contributed by atoms with Crippen molar-refractivity contribution >= 4 is 35.0 Å². The van der Waals surface area contributed by atoms with Gasteiger partial charge < -0.3 is 15.3 Å². The number of aliphatic hydroxyl groups excluding tert-OH is 1. The SMILES string of the molecule is O=C(NCCCc1ccc(Cl)c(Cl)c1)C1=C(O)C(=O)N(Cc2ccccn2)C1. The summed E-state index contributed by atoms with van der Waals surface area (Å²) in [6.07, 6.45) is 3.03. The number of aliphatic hydroxyl groups is 1. The number of benzene rings is 1. The zero-order valence-corrected chi connectivity index (χ0v) is 16.5. The maximum Gasteiger partial charge on any atom is 0.289 e. The molecule has 0 bridgehead atoms. The number of aromatic nitrogens is 1. The number of aryl methyl sites for hydroxylation is 1. The molecule has 0 atom stereocenters. The van der Waals surface area contributed by atoms with E-state index in [1.54, 1.807) is 30.5 Å². The molecule has 1 aliphatic rings. The number of hydrogen-bond acceptors (Lipinski definition) is 4. The maximum atomic E-state index is 12.3. The molecule has 6 nitrogen and oxygen atoms in total. The molecule has 0 unspecified atom stereocenters. The summed E-state index contributed by atoms with van der Waals surface area (Å²) in [6.45, 7) is 0.696. The molecule has 2 heterocycles. The molecule has 0 saturated heterocycles. The van der Waals surface area contributed by atoms with E-state index in [9.17, 15) is 14.7 Å². The molecular weight excluding hydrogens is 401 g/mol. The molecule has 2 aromatic rings. The summed E-state index contributed by atoms with van der Waals surface area (Å²) in [7, 11) is 0. The molecule has 28 heavy (non-hydrogen) atoms. The van der Waals surface area contributed by atoms with Gasteiger partial charge in [-0.3, -0.25) is 14.6 Å². The van der Waals surface area contributed by atoms with Crippen LogP contribution in [0.3, 0.4) is 0 Å². The van der Waals surface area contributed by atoms with Crippen LogP contribution in [-0.4, -0.2) is 39.9 Å². The lowest BCUT2D eigenvalue weighted by molar-refractivity contribution is -0.128. The molecule has 1 aromatic heterocycles. The Hall–Kier alpha value is -2.57. The third-order valence-corrected chi connectivity index (χ3v) is 5.13. The predicted molar refractivity (Wildman–Crippen MR) is 107 cm³/mol. The number of hydrogen-bond donors (Lipinski definition) is 2. The van der Waals surface area contributed by atoms with Crippen LogP contribution in [0.4, 0.5) is 0 Å². The summed E-state index contributed by atoms with van der Waals surface area (Å²) in [5, 5.41) is 13.8. The monoisotopic (exact) mass is 419 g/mol. The third kappa shape index (κ3) is 4.82. The Morgan fingerprint density at radius 2 is 2.04 bits per heavy atom. The van der Waals surface area contributed by atoms with Gasteiger partial charge in [-0.15, -0.1) is 0 Å². The minimum absolute atomic E-state index is 0.0554. The van der Waals surface area contributed by atoms with Crippen LogP contribution in [0.15, 0.2) is 53.9 Å². The van der Waals surface area contributed by atoms with E-state index in [-0.39, 0.29) is 18.7 Å². The van der Waals surface area contributed by atoms with Gasteiger partial charge in [-0.2, -0.15) is 0 Å². The fourth-order valence-corrected chi connectivity index (χ4v) is 3.23. The Morgan fingerprint density at radius 1 is 1.21 bits per heavy atom. The van der Waals surface area contributed by atoms with E-state index in [0.29, 0.717) is 35.1 Å². The van der Waals surface area contributed by atoms with E-state index < -0.39 is 17.6 Å². The van der Waals surface area contributed by atoms with Gasteiger partial charge in [-0.25, -0.2) is 0 Å². The van der Waals surface area contributed by atoms with Crippen molar-refractivity contribution in [3.63, 3.8) is 0 Å². The lowest BCUT2D eigenvalue weighted by Gasteiger charge is -2.15. The van der Waals surface area contributed by atoms with E-state index in [4.69, 9.17) is 23.2 Å². The number of nitrogens with zero attached hydrogens (tertiary/aromatic N) is 2. The molecule has 0 spiro atoms. The summed E-state index contributed by atoms with van der Waals surface area (Å²) in [6, 6.07) is 10.8. The molecule has 2 N–H and O–H groups in total. The van der Waals surface area contributed by atoms with Gasteiger partial charge in [0.2, 0.25) is 0 Å². The van der Waals surface area contributed by atoms with E-state index in [0.717, 1.165) is 5.56 Å². The van der Waals surface area contributed by atoms with Gasteiger partial charge in [0.15, 0.2) is 5.76 Å². The van der Waals surface area contributed by atoms with Crippen molar-refractivity contribution in [2.24, 2.45) is 0 Å². The van der Waals surface area contributed by atoms with Crippen LogP contribution in [0.5, 0.6) is 0 Å². The minimum atomic E-state index is -0.563. The lowest BCUT2D eigenvalue weighted by atomic mass is 10.1. The molecule has 0 radical (unpaired) electrons. The number of carbonyl (C=O) groups is 2. The number of amides is 2. The van der Waals surface area contributed by atoms with E-state index in [1.807, 2.05) is 12.1 Å². The molecule has 1 aliphatic heterocycles. The van der Waals surface area contributed by atoms with Crippen LogP contribution in [0.2, 0.25) is 10.0 Å². The summed E-state index contributed by atoms with van der Waals surface area (Å²) >= 11 is 11.9. The second kappa shape index (κ2) is 9.08. The van der Waals surface area contributed by atoms with Gasteiger partial charge >= 0.3 is 0 Å². The summed E-state index contributed by atoms with van der Waals surface area (Å²) in [5.74, 6) is -1.51. The highest BCUT2D eigenvalue weighted by Gasteiger charge is 2.33. The number of nitrogens with one attached hydrogen (secondary N) is 1. The number of pyridine rings is 1. The molecule has 8 heteroatoms. The highest BCUT2D eigenvalue weighted by molar-refractivity contribution is 6.42. The number of halogens is 2. The normalized spacial score (nSPS) is 13.9. The van der Waals surface area contributed by atoms with Crippen molar-refractivity contribution in [2.75, 3.05) is 13.1 Å². The van der Waals surface area contributed by atoms with Crippen molar-refractivity contribution in [2.45, 2.75) is 19.4 Å². The van der Waals surface area contributed by atoms with Gasteiger partial charge in [-0.1, -0.05) is 35.3 Å². The highest BCUT2D eigenvalue weighted by Crippen LogP contribution is 2.23. The van der Waals surface area contributed by atoms with Crippen LogP contribution in [0, 0.1) is 0 Å². The molecule has 0 aliphatic carbocycles. The van der Waals surface area contributed by atoms with Crippen LogP contribution < -0.4 is 5.32 Å². The molecule has 0 saturated carbocycles. The zero-order chi connectivity index (χ0) is 20.1. The lowest BCUT2D eigenvalue weighted by Crippen LogP contribution is -2.30. The van der Waals surface area contributed by atoms with Crippen LogP contribution in [0.1, 0.15) is 17.7 Å². The molecule has 1 aromatic carbocycles. The van der Waals surface area contributed by atoms with Crippen LogP contribution >= 0.6 is 23.2 Å². The van der Waals surface area contributed by atoms with Gasteiger partial charge in [0.25, 0.3) is 11.8 Å². The van der Waals surface area contributed by atoms with Gasteiger partial charge in [-0.05, 0) is 42.7 Å². The smallest absolute Gasteiger partial charge is 0.289 e. The molecule has 146 valence electrons. The van der Waals surface area contributed by atoms with Crippen molar-refractivity contribution in [1.29, 1.82) is 0 Å². The second-order valence-corrected chi connectivity index (χ2v) is 7.23. The molecule has 3 rings (SSSR count). The first-order chi connectivity index (χ1) is 13.5. The van der Waals surface area contributed by atoms with Crippen molar-refractivity contribution in [3.05, 3.63) is 75.2 Å². The quantitative estimate of drug-likeness (QED) is 0.674. The maximum absolute atomic E-state index is 12.3.